The molecule has 0 saturated heterocycles. The van der Waals surface area contributed by atoms with Gasteiger partial charge in [0.2, 0.25) is 6.43 Å². The van der Waals surface area contributed by atoms with Crippen molar-refractivity contribution >= 4 is 22.8 Å². The number of aliphatic carboxylic acids is 1. The SMILES string of the molecule is O=C(NC(CC(F)F)C(=O)O)c1c2c(nc3ccccc13)CCC2. The van der Waals surface area contributed by atoms with Gasteiger partial charge in [-0.25, -0.2) is 13.6 Å². The van der Waals surface area contributed by atoms with E-state index < -0.39 is 30.8 Å². The number of carboxylic acid groups (broad SMARTS) is 1. The molecule has 2 N–H and O–H groups in total. The first-order valence-corrected chi connectivity index (χ1v) is 7.69. The molecule has 0 radical (unpaired) electrons. The molecule has 1 aromatic heterocycles. The maximum absolute atomic E-state index is 12.7. The third-order valence-electron chi connectivity index (χ3n) is 4.16. The Bertz CT molecular complexity index is 808. The molecule has 1 aromatic carbocycles. The van der Waals surface area contributed by atoms with Gasteiger partial charge in [0.15, 0.2) is 0 Å². The lowest BCUT2D eigenvalue weighted by molar-refractivity contribution is -0.140. The van der Waals surface area contributed by atoms with Gasteiger partial charge in [0.05, 0.1) is 11.1 Å². The molecule has 2 aromatic rings. The van der Waals surface area contributed by atoms with Crippen molar-refractivity contribution in [1.82, 2.24) is 10.3 Å². The number of hydrogen-bond acceptors (Lipinski definition) is 3. The van der Waals surface area contributed by atoms with E-state index in [1.165, 1.54) is 0 Å². The maximum atomic E-state index is 12.7. The number of hydrogen-bond donors (Lipinski definition) is 2. The van der Waals surface area contributed by atoms with Crippen molar-refractivity contribution in [1.29, 1.82) is 0 Å². The highest BCUT2D eigenvalue weighted by Gasteiger charge is 2.28. The van der Waals surface area contributed by atoms with Crippen LogP contribution in [0.5, 0.6) is 0 Å². The van der Waals surface area contributed by atoms with Gasteiger partial charge in [-0.1, -0.05) is 18.2 Å². The minimum Gasteiger partial charge on any atom is -0.480 e. The fourth-order valence-corrected chi connectivity index (χ4v) is 3.10. The molecular formula is C17H16F2N2O3. The van der Waals surface area contributed by atoms with Gasteiger partial charge in [0.25, 0.3) is 5.91 Å². The lowest BCUT2D eigenvalue weighted by Crippen LogP contribution is -2.42. The van der Waals surface area contributed by atoms with Crippen LogP contribution in [0.3, 0.4) is 0 Å². The summed E-state index contributed by atoms with van der Waals surface area (Å²) in [5.74, 6) is -2.11. The minimum atomic E-state index is -2.81. The normalized spacial score (nSPS) is 14.6. The van der Waals surface area contributed by atoms with E-state index in [9.17, 15) is 18.4 Å². The molecule has 5 nitrogen and oxygen atoms in total. The monoisotopic (exact) mass is 334 g/mol. The van der Waals surface area contributed by atoms with Crippen LogP contribution in [-0.2, 0) is 17.6 Å². The van der Waals surface area contributed by atoms with Crippen LogP contribution in [0.1, 0.15) is 34.5 Å². The molecule has 3 rings (SSSR count). The highest BCUT2D eigenvalue weighted by atomic mass is 19.3. The van der Waals surface area contributed by atoms with E-state index in [1.54, 1.807) is 24.3 Å². The summed E-state index contributed by atoms with van der Waals surface area (Å²) in [6.07, 6.45) is -1.46. The number of carboxylic acids is 1. The Hall–Kier alpha value is -2.57. The first kappa shape index (κ1) is 16.3. The zero-order chi connectivity index (χ0) is 17.3. The molecule has 0 saturated carbocycles. The van der Waals surface area contributed by atoms with E-state index in [4.69, 9.17) is 5.11 Å². The second-order valence-electron chi connectivity index (χ2n) is 5.77. The summed E-state index contributed by atoms with van der Waals surface area (Å²) in [6.45, 7) is 0. The van der Waals surface area contributed by atoms with E-state index in [-0.39, 0.29) is 0 Å². The van der Waals surface area contributed by atoms with Crippen molar-refractivity contribution in [3.8, 4) is 0 Å². The number of fused-ring (bicyclic) bond motifs is 2. The van der Waals surface area contributed by atoms with Gasteiger partial charge in [-0.05, 0) is 30.9 Å². The van der Waals surface area contributed by atoms with Crippen LogP contribution in [0.25, 0.3) is 10.9 Å². The summed E-state index contributed by atoms with van der Waals surface area (Å²) in [4.78, 5) is 28.4. The third-order valence-corrected chi connectivity index (χ3v) is 4.16. The van der Waals surface area contributed by atoms with Gasteiger partial charge in [-0.2, -0.15) is 0 Å². The van der Waals surface area contributed by atoms with Crippen LogP contribution in [0.2, 0.25) is 0 Å². The predicted octanol–water partition coefficient (Wildman–Crippen LogP) is 2.56. The van der Waals surface area contributed by atoms with Crippen molar-refractivity contribution in [3.05, 3.63) is 41.1 Å². The maximum Gasteiger partial charge on any atom is 0.326 e. The summed E-state index contributed by atoms with van der Waals surface area (Å²) in [5.41, 5.74) is 2.60. The largest absolute Gasteiger partial charge is 0.480 e. The molecule has 126 valence electrons. The molecule has 1 heterocycles. The second kappa shape index (κ2) is 6.51. The predicted molar refractivity (Wildman–Crippen MR) is 83.3 cm³/mol. The van der Waals surface area contributed by atoms with Crippen molar-refractivity contribution in [2.75, 3.05) is 0 Å². The quantitative estimate of drug-likeness (QED) is 0.881. The molecule has 1 amide bonds. The van der Waals surface area contributed by atoms with Gasteiger partial charge >= 0.3 is 5.97 Å². The number of benzene rings is 1. The Labute approximate surface area is 136 Å². The minimum absolute atomic E-state index is 0.355. The van der Waals surface area contributed by atoms with Gasteiger partial charge in [-0.3, -0.25) is 9.78 Å². The summed E-state index contributed by atoms with van der Waals surface area (Å²) < 4.78 is 25.1. The van der Waals surface area contributed by atoms with Gasteiger partial charge in [-0.15, -0.1) is 0 Å². The van der Waals surface area contributed by atoms with E-state index in [0.717, 1.165) is 24.1 Å². The smallest absolute Gasteiger partial charge is 0.326 e. The Morgan fingerprint density at radius 3 is 2.71 bits per heavy atom. The number of halogens is 2. The summed E-state index contributed by atoms with van der Waals surface area (Å²) in [5, 5.41) is 11.9. The molecule has 7 heteroatoms. The number of amides is 1. The third kappa shape index (κ3) is 3.06. The van der Waals surface area contributed by atoms with Crippen LogP contribution >= 0.6 is 0 Å². The zero-order valence-corrected chi connectivity index (χ0v) is 12.8. The lowest BCUT2D eigenvalue weighted by atomic mass is 10.00. The molecule has 0 spiro atoms. The number of carbonyl (C=O) groups is 2. The molecule has 1 aliphatic rings. The van der Waals surface area contributed by atoms with Crippen LogP contribution < -0.4 is 5.32 Å². The summed E-state index contributed by atoms with van der Waals surface area (Å²) >= 11 is 0. The fourth-order valence-electron chi connectivity index (χ4n) is 3.10. The molecule has 24 heavy (non-hydrogen) atoms. The number of rotatable bonds is 5. The molecule has 1 unspecified atom stereocenters. The number of nitrogens with zero attached hydrogens (tertiary/aromatic N) is 1. The first-order valence-electron chi connectivity index (χ1n) is 7.69. The fraction of sp³-hybridized carbons (Fsp3) is 0.353. The number of aryl methyl sites for hydroxylation is 1. The standard InChI is InChI=1S/C17H16F2N2O3/c18-14(19)8-13(17(23)24)21-16(22)15-9-4-1-2-6-11(9)20-12-7-3-5-10(12)15/h1-2,4,6,13-14H,3,5,7-8H2,(H,21,22)(H,23,24). The Kier molecular flexibility index (Phi) is 4.42. The van der Waals surface area contributed by atoms with Gasteiger partial charge in [0.1, 0.15) is 6.04 Å². The van der Waals surface area contributed by atoms with Crippen molar-refractivity contribution in [2.45, 2.75) is 38.2 Å². The molecular weight excluding hydrogens is 318 g/mol. The van der Waals surface area contributed by atoms with Crippen LogP contribution in [0, 0.1) is 0 Å². The van der Waals surface area contributed by atoms with Crippen LogP contribution in [0.4, 0.5) is 8.78 Å². The molecule has 0 fully saturated rings. The average Bonchev–Trinajstić information content (AvgIpc) is 2.98. The first-order chi connectivity index (χ1) is 11.5. The van der Waals surface area contributed by atoms with E-state index in [1.807, 2.05) is 0 Å². The van der Waals surface area contributed by atoms with E-state index in [0.29, 0.717) is 22.9 Å². The van der Waals surface area contributed by atoms with Crippen molar-refractivity contribution in [3.63, 3.8) is 0 Å². The van der Waals surface area contributed by atoms with Crippen molar-refractivity contribution < 1.29 is 23.5 Å². The van der Waals surface area contributed by atoms with Crippen LogP contribution in [-0.4, -0.2) is 34.4 Å². The van der Waals surface area contributed by atoms with E-state index >= 15 is 0 Å². The number of pyridine rings is 1. The number of carbonyl (C=O) groups excluding carboxylic acids is 1. The molecule has 0 bridgehead atoms. The second-order valence-corrected chi connectivity index (χ2v) is 5.77. The molecule has 1 atom stereocenters. The lowest BCUT2D eigenvalue weighted by Gasteiger charge is -2.17. The van der Waals surface area contributed by atoms with E-state index in [2.05, 4.69) is 10.3 Å². The highest BCUT2D eigenvalue weighted by Crippen LogP contribution is 2.30. The Morgan fingerprint density at radius 1 is 1.25 bits per heavy atom. The number of para-hydroxylation sites is 1. The highest BCUT2D eigenvalue weighted by molar-refractivity contribution is 6.08. The topological polar surface area (TPSA) is 79.3 Å². The summed E-state index contributed by atoms with van der Waals surface area (Å²) in [6, 6.07) is 5.45. The Morgan fingerprint density at radius 2 is 2.00 bits per heavy atom. The van der Waals surface area contributed by atoms with Gasteiger partial charge in [0, 0.05) is 17.5 Å². The molecule has 1 aliphatic carbocycles. The molecule has 0 aliphatic heterocycles. The average molecular weight is 334 g/mol. The van der Waals surface area contributed by atoms with Crippen LogP contribution in [0.15, 0.2) is 24.3 Å². The Balaban J connectivity index is 2.02. The summed E-state index contributed by atoms with van der Waals surface area (Å²) in [7, 11) is 0. The van der Waals surface area contributed by atoms with Crippen molar-refractivity contribution in [2.24, 2.45) is 0 Å². The number of nitrogens with one attached hydrogen (secondary N) is 1. The van der Waals surface area contributed by atoms with Gasteiger partial charge < -0.3 is 10.4 Å². The number of aromatic nitrogens is 1. The zero-order valence-electron chi connectivity index (χ0n) is 12.8. The number of alkyl halides is 2.